The van der Waals surface area contributed by atoms with Crippen LogP contribution < -0.4 is 10.5 Å². The van der Waals surface area contributed by atoms with Gasteiger partial charge in [0.05, 0.1) is 18.6 Å². The van der Waals surface area contributed by atoms with Crippen LogP contribution in [0.4, 0.5) is 0 Å². The van der Waals surface area contributed by atoms with Crippen LogP contribution in [0, 0.1) is 5.92 Å². The Balaban J connectivity index is 1.78. The molecule has 106 valence electrons. The molecule has 2 N–H and O–H groups in total. The van der Waals surface area contributed by atoms with Crippen molar-refractivity contribution in [1.29, 1.82) is 0 Å². The predicted molar refractivity (Wildman–Crippen MR) is 74.4 cm³/mol. The lowest BCUT2D eigenvalue weighted by atomic mass is 9.96. The molecule has 20 heavy (non-hydrogen) atoms. The van der Waals surface area contributed by atoms with Gasteiger partial charge in [-0.25, -0.2) is 0 Å². The summed E-state index contributed by atoms with van der Waals surface area (Å²) in [6.07, 6.45) is 0.867. The summed E-state index contributed by atoms with van der Waals surface area (Å²) >= 11 is 0. The summed E-state index contributed by atoms with van der Waals surface area (Å²) in [7, 11) is 0. The monoisotopic (exact) mass is 273 g/mol. The maximum Gasteiger partial charge on any atom is 0.243 e. The summed E-state index contributed by atoms with van der Waals surface area (Å²) in [6.45, 7) is 4.65. The number of rotatable bonds is 3. The smallest absolute Gasteiger partial charge is 0.243 e. The van der Waals surface area contributed by atoms with Crippen LogP contribution in [0.2, 0.25) is 0 Å². The lowest BCUT2D eigenvalue weighted by molar-refractivity contribution is 0.253. The van der Waals surface area contributed by atoms with Crippen LogP contribution in [0.1, 0.15) is 43.1 Å². The van der Waals surface area contributed by atoms with Gasteiger partial charge in [0, 0.05) is 0 Å². The summed E-state index contributed by atoms with van der Waals surface area (Å²) < 4.78 is 11.0. The Bertz CT molecular complexity index is 594. The molecule has 2 heterocycles. The van der Waals surface area contributed by atoms with Crippen LogP contribution in [0.15, 0.2) is 28.8 Å². The number of para-hydroxylation sites is 1. The molecule has 0 aliphatic carbocycles. The molecule has 1 unspecified atom stereocenters. The van der Waals surface area contributed by atoms with Crippen molar-refractivity contribution in [2.75, 3.05) is 6.61 Å². The quantitative estimate of drug-likeness (QED) is 0.929. The molecule has 0 amide bonds. The van der Waals surface area contributed by atoms with Crippen LogP contribution in [-0.2, 0) is 6.42 Å². The van der Waals surface area contributed by atoms with Crippen molar-refractivity contribution in [3.63, 3.8) is 0 Å². The van der Waals surface area contributed by atoms with E-state index in [4.69, 9.17) is 15.0 Å². The third-order valence-corrected chi connectivity index (χ3v) is 3.70. The van der Waals surface area contributed by atoms with E-state index < -0.39 is 0 Å². The molecule has 1 aromatic heterocycles. The summed E-state index contributed by atoms with van der Waals surface area (Å²) in [5.41, 5.74) is 7.21. The molecule has 0 saturated heterocycles. The van der Waals surface area contributed by atoms with E-state index in [2.05, 4.69) is 16.2 Å². The molecule has 0 radical (unpaired) electrons. The van der Waals surface area contributed by atoms with Gasteiger partial charge in [0.15, 0.2) is 5.82 Å². The molecule has 1 aromatic carbocycles. The fourth-order valence-electron chi connectivity index (χ4n) is 2.33. The maximum atomic E-state index is 6.03. The van der Waals surface area contributed by atoms with Gasteiger partial charge in [-0.3, -0.25) is 0 Å². The molecule has 5 nitrogen and oxygen atoms in total. The Hall–Kier alpha value is -1.88. The number of benzene rings is 1. The molecule has 1 aliphatic heterocycles. The number of fused-ring (bicyclic) bond motifs is 1. The Morgan fingerprint density at radius 3 is 2.90 bits per heavy atom. The minimum Gasteiger partial charge on any atom is -0.493 e. The second kappa shape index (κ2) is 5.25. The lowest BCUT2D eigenvalue weighted by Gasteiger charge is -2.22. The average molecular weight is 273 g/mol. The molecule has 1 aliphatic rings. The number of hydrogen-bond donors (Lipinski definition) is 1. The van der Waals surface area contributed by atoms with Gasteiger partial charge in [0.25, 0.3) is 0 Å². The van der Waals surface area contributed by atoms with E-state index in [1.54, 1.807) is 0 Å². The minimum atomic E-state index is -0.215. The number of ether oxygens (including phenoxy) is 1. The van der Waals surface area contributed by atoms with Crippen molar-refractivity contribution in [1.82, 2.24) is 10.1 Å². The Labute approximate surface area is 118 Å². The van der Waals surface area contributed by atoms with Crippen molar-refractivity contribution < 1.29 is 9.26 Å². The zero-order valence-corrected chi connectivity index (χ0v) is 11.7. The van der Waals surface area contributed by atoms with Crippen LogP contribution in [0.5, 0.6) is 5.75 Å². The van der Waals surface area contributed by atoms with Crippen LogP contribution in [0.25, 0.3) is 0 Å². The summed E-state index contributed by atoms with van der Waals surface area (Å²) in [6, 6.07) is 7.84. The molecule has 0 spiro atoms. The van der Waals surface area contributed by atoms with E-state index in [1.807, 2.05) is 32.0 Å². The SMILES string of the molecule is CC(C)[C@H](N)c1nc(C2COc3ccccc3C2)no1. The first-order valence-corrected chi connectivity index (χ1v) is 6.95. The largest absolute Gasteiger partial charge is 0.493 e. The van der Waals surface area contributed by atoms with Gasteiger partial charge in [-0.1, -0.05) is 37.2 Å². The van der Waals surface area contributed by atoms with Crippen molar-refractivity contribution in [3.8, 4) is 5.75 Å². The fourth-order valence-corrected chi connectivity index (χ4v) is 2.33. The molecular weight excluding hydrogens is 254 g/mol. The highest BCUT2D eigenvalue weighted by Crippen LogP contribution is 2.31. The first-order valence-electron chi connectivity index (χ1n) is 6.95. The van der Waals surface area contributed by atoms with E-state index in [0.717, 1.165) is 12.2 Å². The Morgan fingerprint density at radius 2 is 2.10 bits per heavy atom. The predicted octanol–water partition coefficient (Wildman–Crippen LogP) is 2.44. The first-order chi connectivity index (χ1) is 9.65. The molecular formula is C15H19N3O2. The highest BCUT2D eigenvalue weighted by molar-refractivity contribution is 5.36. The van der Waals surface area contributed by atoms with Gasteiger partial charge in [0.2, 0.25) is 5.89 Å². The first kappa shape index (κ1) is 13.1. The highest BCUT2D eigenvalue weighted by atomic mass is 16.5. The van der Waals surface area contributed by atoms with Crippen molar-refractivity contribution >= 4 is 0 Å². The summed E-state index contributed by atoms with van der Waals surface area (Å²) in [4.78, 5) is 4.45. The average Bonchev–Trinajstić information content (AvgIpc) is 2.95. The molecule has 0 fully saturated rings. The van der Waals surface area contributed by atoms with E-state index in [9.17, 15) is 0 Å². The van der Waals surface area contributed by atoms with E-state index >= 15 is 0 Å². The van der Waals surface area contributed by atoms with Crippen LogP contribution in [0.3, 0.4) is 0 Å². The second-order valence-corrected chi connectivity index (χ2v) is 5.58. The zero-order chi connectivity index (χ0) is 14.1. The Morgan fingerprint density at radius 1 is 1.30 bits per heavy atom. The Kier molecular flexibility index (Phi) is 3.44. The summed E-state index contributed by atoms with van der Waals surface area (Å²) in [5, 5.41) is 4.07. The van der Waals surface area contributed by atoms with Gasteiger partial charge in [-0.05, 0) is 24.0 Å². The normalized spacial score (nSPS) is 19.5. The topological polar surface area (TPSA) is 74.2 Å². The van der Waals surface area contributed by atoms with Gasteiger partial charge >= 0.3 is 0 Å². The highest BCUT2D eigenvalue weighted by Gasteiger charge is 2.27. The van der Waals surface area contributed by atoms with Crippen molar-refractivity contribution in [2.24, 2.45) is 11.7 Å². The number of nitrogens with zero attached hydrogens (tertiary/aromatic N) is 2. The second-order valence-electron chi connectivity index (χ2n) is 5.58. The third-order valence-electron chi connectivity index (χ3n) is 3.70. The molecule has 0 bridgehead atoms. The fraction of sp³-hybridized carbons (Fsp3) is 0.467. The zero-order valence-electron chi connectivity index (χ0n) is 11.7. The van der Waals surface area contributed by atoms with Gasteiger partial charge in [-0.2, -0.15) is 4.98 Å². The molecule has 2 atom stereocenters. The standard InChI is InChI=1S/C15H19N3O2/c1-9(2)13(16)15-17-14(18-20-15)11-7-10-5-3-4-6-12(10)19-8-11/h3-6,9,11,13H,7-8,16H2,1-2H3/t11?,13-/m0/s1. The number of hydrogen-bond acceptors (Lipinski definition) is 5. The summed E-state index contributed by atoms with van der Waals surface area (Å²) in [5.74, 6) is 2.54. The molecule has 3 rings (SSSR count). The number of nitrogens with two attached hydrogens (primary N) is 1. The van der Waals surface area contributed by atoms with Gasteiger partial charge in [-0.15, -0.1) is 0 Å². The van der Waals surface area contributed by atoms with E-state index in [0.29, 0.717) is 18.3 Å². The maximum absolute atomic E-state index is 6.03. The molecule has 2 aromatic rings. The van der Waals surface area contributed by atoms with Crippen molar-refractivity contribution in [2.45, 2.75) is 32.2 Å². The van der Waals surface area contributed by atoms with E-state index in [1.165, 1.54) is 5.56 Å². The van der Waals surface area contributed by atoms with Crippen molar-refractivity contribution in [3.05, 3.63) is 41.5 Å². The third kappa shape index (κ3) is 2.41. The lowest BCUT2D eigenvalue weighted by Crippen LogP contribution is -2.21. The molecule has 0 saturated carbocycles. The van der Waals surface area contributed by atoms with Gasteiger partial charge in [0.1, 0.15) is 5.75 Å². The van der Waals surface area contributed by atoms with Gasteiger partial charge < -0.3 is 15.0 Å². The minimum absolute atomic E-state index is 0.127. The van der Waals surface area contributed by atoms with Crippen LogP contribution in [-0.4, -0.2) is 16.7 Å². The van der Waals surface area contributed by atoms with E-state index in [-0.39, 0.29) is 17.9 Å². The molecule has 5 heteroatoms. The number of aromatic nitrogens is 2. The van der Waals surface area contributed by atoms with Crippen LogP contribution >= 0.6 is 0 Å².